The summed E-state index contributed by atoms with van der Waals surface area (Å²) in [4.78, 5) is 10.8. The lowest BCUT2D eigenvalue weighted by molar-refractivity contribution is -0.137. The number of aryl methyl sites for hydroxylation is 2. The van der Waals surface area contributed by atoms with E-state index in [1.54, 1.807) is 0 Å². The Hall–Kier alpha value is -1.41. The Bertz CT molecular complexity index is 554. The van der Waals surface area contributed by atoms with E-state index >= 15 is 0 Å². The molecule has 0 radical (unpaired) electrons. The monoisotopic (exact) mass is 274 g/mol. The Morgan fingerprint density at radius 2 is 2.11 bits per heavy atom. The zero-order valence-corrected chi connectivity index (χ0v) is 10.9. The van der Waals surface area contributed by atoms with Crippen molar-refractivity contribution >= 4 is 16.0 Å². The van der Waals surface area contributed by atoms with Gasteiger partial charge in [0.05, 0.1) is 0 Å². The van der Waals surface area contributed by atoms with Crippen molar-refractivity contribution in [1.29, 1.82) is 0 Å². The van der Waals surface area contributed by atoms with E-state index in [0.717, 1.165) is 4.31 Å². The van der Waals surface area contributed by atoms with Crippen LogP contribution >= 0.6 is 0 Å². The van der Waals surface area contributed by atoms with Crippen LogP contribution in [0.25, 0.3) is 0 Å². The number of carbonyl (C=O) groups is 1. The van der Waals surface area contributed by atoms with E-state index in [1.165, 1.54) is 13.8 Å². The van der Waals surface area contributed by atoms with Gasteiger partial charge in [-0.15, -0.1) is 0 Å². The predicted molar refractivity (Wildman–Crippen MR) is 60.5 cm³/mol. The lowest BCUT2D eigenvalue weighted by Crippen LogP contribution is -2.37. The highest BCUT2D eigenvalue weighted by molar-refractivity contribution is 7.89. The highest BCUT2D eigenvalue weighted by Crippen LogP contribution is 2.33. The minimum absolute atomic E-state index is 0.0179. The van der Waals surface area contributed by atoms with Crippen molar-refractivity contribution in [2.24, 2.45) is 0 Å². The van der Waals surface area contributed by atoms with E-state index in [2.05, 4.69) is 5.16 Å². The van der Waals surface area contributed by atoms with Crippen LogP contribution in [0.1, 0.15) is 24.3 Å². The van der Waals surface area contributed by atoms with Crippen LogP contribution in [-0.2, 0) is 14.8 Å². The minimum Gasteiger partial charge on any atom is -0.480 e. The Labute approximate surface area is 104 Å². The first-order valence-electron chi connectivity index (χ1n) is 5.50. The number of carboxylic acid groups (broad SMARTS) is 1. The number of hydrogen-bond acceptors (Lipinski definition) is 5. The topological polar surface area (TPSA) is 101 Å². The fourth-order valence-electron chi connectivity index (χ4n) is 1.87. The molecule has 1 aliphatic rings. The molecule has 0 aliphatic heterocycles. The summed E-state index contributed by atoms with van der Waals surface area (Å²) < 4.78 is 30.7. The number of aliphatic carboxylic acids is 1. The molecular weight excluding hydrogens is 260 g/mol. The summed E-state index contributed by atoms with van der Waals surface area (Å²) in [5.41, 5.74) is 0.253. The van der Waals surface area contributed by atoms with Gasteiger partial charge in [0.25, 0.3) is 0 Å². The maximum atomic E-state index is 12.4. The summed E-state index contributed by atoms with van der Waals surface area (Å²) >= 11 is 0. The molecule has 1 saturated carbocycles. The van der Waals surface area contributed by atoms with E-state index in [0.29, 0.717) is 12.8 Å². The second-order valence-corrected chi connectivity index (χ2v) is 6.16. The molecule has 1 heterocycles. The largest absolute Gasteiger partial charge is 0.480 e. The lowest BCUT2D eigenvalue weighted by Gasteiger charge is -2.19. The maximum Gasteiger partial charge on any atom is 0.318 e. The van der Waals surface area contributed by atoms with Gasteiger partial charge in [-0.3, -0.25) is 4.79 Å². The molecular formula is C10H14N2O5S. The molecule has 1 aliphatic carbocycles. The van der Waals surface area contributed by atoms with Crippen molar-refractivity contribution in [1.82, 2.24) is 9.46 Å². The standard InChI is InChI=1S/C10H14N2O5S/c1-6-10(7(2)17-11-6)18(15,16)12(5-9(13)14)8-3-4-8/h8H,3-5H2,1-2H3,(H,13,14). The highest BCUT2D eigenvalue weighted by atomic mass is 32.2. The van der Waals surface area contributed by atoms with Crippen molar-refractivity contribution < 1.29 is 22.8 Å². The highest BCUT2D eigenvalue weighted by Gasteiger charge is 2.41. The lowest BCUT2D eigenvalue weighted by atomic mass is 10.4. The molecule has 0 unspecified atom stereocenters. The summed E-state index contributed by atoms with van der Waals surface area (Å²) in [5, 5.41) is 12.4. The first-order chi connectivity index (χ1) is 8.34. The fourth-order valence-corrected chi connectivity index (χ4v) is 3.80. The molecule has 0 spiro atoms. The van der Waals surface area contributed by atoms with Gasteiger partial charge in [-0.2, -0.15) is 4.31 Å². The number of nitrogens with zero attached hydrogens (tertiary/aromatic N) is 2. The third-order valence-electron chi connectivity index (χ3n) is 2.78. The van der Waals surface area contributed by atoms with E-state index < -0.39 is 22.5 Å². The van der Waals surface area contributed by atoms with Gasteiger partial charge in [-0.25, -0.2) is 8.42 Å². The van der Waals surface area contributed by atoms with Crippen LogP contribution in [0, 0.1) is 13.8 Å². The van der Waals surface area contributed by atoms with Crippen molar-refractivity contribution in [3.8, 4) is 0 Å². The third-order valence-corrected chi connectivity index (χ3v) is 4.92. The molecule has 2 rings (SSSR count). The van der Waals surface area contributed by atoms with Crippen LogP contribution in [0.15, 0.2) is 9.42 Å². The van der Waals surface area contributed by atoms with Gasteiger partial charge >= 0.3 is 5.97 Å². The summed E-state index contributed by atoms with van der Waals surface area (Å²) in [6, 6.07) is -0.222. The van der Waals surface area contributed by atoms with Crippen LogP contribution in [0.2, 0.25) is 0 Å². The van der Waals surface area contributed by atoms with Crippen LogP contribution in [0.4, 0.5) is 0 Å². The van der Waals surface area contributed by atoms with Gasteiger partial charge < -0.3 is 9.63 Å². The van der Waals surface area contributed by atoms with Crippen molar-refractivity contribution in [2.45, 2.75) is 37.6 Å². The zero-order valence-electron chi connectivity index (χ0n) is 10.1. The summed E-state index contributed by atoms with van der Waals surface area (Å²) in [6.07, 6.45) is 1.38. The van der Waals surface area contributed by atoms with Crippen molar-refractivity contribution in [3.05, 3.63) is 11.5 Å². The molecule has 7 nitrogen and oxygen atoms in total. The Kier molecular flexibility index (Phi) is 3.16. The second-order valence-electron chi connectivity index (χ2n) is 4.33. The van der Waals surface area contributed by atoms with Crippen LogP contribution in [-0.4, -0.2) is 41.5 Å². The Morgan fingerprint density at radius 3 is 2.50 bits per heavy atom. The smallest absolute Gasteiger partial charge is 0.318 e. The number of rotatable bonds is 5. The molecule has 0 amide bonds. The molecule has 1 fully saturated rings. The number of aromatic nitrogens is 1. The van der Waals surface area contributed by atoms with Gasteiger partial charge in [0.15, 0.2) is 5.76 Å². The van der Waals surface area contributed by atoms with E-state index in [4.69, 9.17) is 9.63 Å². The molecule has 0 bridgehead atoms. The average molecular weight is 274 g/mol. The molecule has 0 atom stereocenters. The Morgan fingerprint density at radius 1 is 1.50 bits per heavy atom. The second kappa shape index (κ2) is 4.36. The molecule has 1 aromatic heterocycles. The SMILES string of the molecule is Cc1noc(C)c1S(=O)(=O)N(CC(=O)O)C1CC1. The maximum absolute atomic E-state index is 12.4. The van der Waals surface area contributed by atoms with Crippen molar-refractivity contribution in [3.63, 3.8) is 0 Å². The normalized spacial score (nSPS) is 16.2. The predicted octanol–water partition coefficient (Wildman–Crippen LogP) is 0.529. The Balaban J connectivity index is 2.42. The van der Waals surface area contributed by atoms with Crippen LogP contribution < -0.4 is 0 Å². The van der Waals surface area contributed by atoms with Gasteiger partial charge in [0, 0.05) is 6.04 Å². The molecule has 18 heavy (non-hydrogen) atoms. The average Bonchev–Trinajstić information content (AvgIpc) is 3.01. The van der Waals surface area contributed by atoms with Gasteiger partial charge in [-0.1, -0.05) is 5.16 Å². The summed E-state index contributed by atoms with van der Waals surface area (Å²) in [7, 11) is -3.85. The minimum atomic E-state index is -3.85. The van der Waals surface area contributed by atoms with E-state index in [-0.39, 0.29) is 22.4 Å². The molecule has 0 saturated heterocycles. The molecule has 0 aromatic carbocycles. The van der Waals surface area contributed by atoms with Crippen LogP contribution in [0.5, 0.6) is 0 Å². The zero-order chi connectivity index (χ0) is 13.5. The first-order valence-corrected chi connectivity index (χ1v) is 6.94. The fraction of sp³-hybridized carbons (Fsp3) is 0.600. The summed E-state index contributed by atoms with van der Waals surface area (Å²) in [6.45, 7) is 2.49. The molecule has 1 aromatic rings. The number of hydrogen-bond donors (Lipinski definition) is 1. The van der Waals surface area contributed by atoms with Crippen LogP contribution in [0.3, 0.4) is 0 Å². The third kappa shape index (κ3) is 2.25. The van der Waals surface area contributed by atoms with Gasteiger partial charge in [-0.05, 0) is 26.7 Å². The van der Waals surface area contributed by atoms with Gasteiger partial charge in [0.2, 0.25) is 10.0 Å². The number of carboxylic acids is 1. The summed E-state index contributed by atoms with van der Waals surface area (Å²) in [5.74, 6) is -0.985. The molecule has 100 valence electrons. The molecule has 8 heteroatoms. The quantitative estimate of drug-likeness (QED) is 0.840. The number of sulfonamides is 1. The molecule has 1 N–H and O–H groups in total. The van der Waals surface area contributed by atoms with Crippen molar-refractivity contribution in [2.75, 3.05) is 6.54 Å². The first kappa shape index (κ1) is 13.0. The van der Waals surface area contributed by atoms with E-state index in [1.807, 2.05) is 0 Å². The van der Waals surface area contributed by atoms with E-state index in [9.17, 15) is 13.2 Å². The van der Waals surface area contributed by atoms with Gasteiger partial charge in [0.1, 0.15) is 17.1 Å².